The number of ether oxygens (including phenoxy) is 1. The Balaban J connectivity index is 3.02. The van der Waals surface area contributed by atoms with Crippen molar-refractivity contribution in [2.24, 2.45) is 0 Å². The lowest BCUT2D eigenvalue weighted by molar-refractivity contribution is 0.199. The minimum absolute atomic E-state index is 0.488. The lowest BCUT2D eigenvalue weighted by Gasteiger charge is -2.08. The van der Waals surface area contributed by atoms with Gasteiger partial charge in [-0.05, 0) is 24.6 Å². The van der Waals surface area contributed by atoms with Crippen LogP contribution in [0.15, 0.2) is 18.2 Å². The maximum Gasteiger partial charge on any atom is 0.141 e. The van der Waals surface area contributed by atoms with Crippen LogP contribution in [0.4, 0.5) is 5.69 Å². The summed E-state index contributed by atoms with van der Waals surface area (Å²) in [5.74, 6) is 0.638. The van der Waals surface area contributed by atoms with E-state index in [1.54, 1.807) is 32.2 Å². The zero-order valence-corrected chi connectivity index (χ0v) is 7.24. The summed E-state index contributed by atoms with van der Waals surface area (Å²) in [6.45, 7) is 1.70. The predicted molar refractivity (Wildman–Crippen MR) is 48.0 cm³/mol. The summed E-state index contributed by atoms with van der Waals surface area (Å²) < 4.78 is 4.97. The molecule has 0 spiro atoms. The summed E-state index contributed by atoms with van der Waals surface area (Å²) in [5.41, 5.74) is 6.98. The van der Waals surface area contributed by atoms with Gasteiger partial charge in [-0.25, -0.2) is 0 Å². The van der Waals surface area contributed by atoms with Crippen molar-refractivity contribution in [3.05, 3.63) is 23.8 Å². The molecule has 66 valence electrons. The normalized spacial score (nSPS) is 12.6. The Morgan fingerprint density at radius 2 is 2.17 bits per heavy atom. The molecule has 0 saturated carbocycles. The van der Waals surface area contributed by atoms with Gasteiger partial charge >= 0.3 is 0 Å². The van der Waals surface area contributed by atoms with Crippen molar-refractivity contribution < 1.29 is 9.84 Å². The van der Waals surface area contributed by atoms with Gasteiger partial charge in [0, 0.05) is 0 Å². The van der Waals surface area contributed by atoms with E-state index >= 15 is 0 Å². The number of aliphatic hydroxyl groups is 1. The molecule has 0 aliphatic rings. The SMILES string of the molecule is COc1ccc([C@@H](C)O)cc1N. The van der Waals surface area contributed by atoms with Crippen molar-refractivity contribution in [3.8, 4) is 5.75 Å². The van der Waals surface area contributed by atoms with Gasteiger partial charge in [0.15, 0.2) is 0 Å². The number of methoxy groups -OCH3 is 1. The van der Waals surface area contributed by atoms with Gasteiger partial charge in [-0.15, -0.1) is 0 Å². The van der Waals surface area contributed by atoms with E-state index in [0.717, 1.165) is 5.56 Å². The standard InChI is InChI=1S/C9H13NO2/c1-6(11)7-3-4-9(12-2)8(10)5-7/h3-6,11H,10H2,1-2H3/t6-/m1/s1. The monoisotopic (exact) mass is 167 g/mol. The fraction of sp³-hybridized carbons (Fsp3) is 0.333. The molecular weight excluding hydrogens is 154 g/mol. The third-order valence-corrected chi connectivity index (χ3v) is 1.74. The number of hydrogen-bond acceptors (Lipinski definition) is 3. The summed E-state index contributed by atoms with van der Waals surface area (Å²) in [5, 5.41) is 9.22. The molecule has 3 nitrogen and oxygen atoms in total. The average molecular weight is 167 g/mol. The highest BCUT2D eigenvalue weighted by molar-refractivity contribution is 5.54. The van der Waals surface area contributed by atoms with Crippen LogP contribution in [0.5, 0.6) is 5.75 Å². The number of aliphatic hydroxyl groups excluding tert-OH is 1. The molecule has 0 radical (unpaired) electrons. The molecule has 0 saturated heterocycles. The largest absolute Gasteiger partial charge is 0.495 e. The number of hydrogen-bond donors (Lipinski definition) is 2. The molecule has 0 aromatic heterocycles. The minimum atomic E-state index is -0.488. The van der Waals surface area contributed by atoms with Crippen LogP contribution in [0.25, 0.3) is 0 Å². The molecule has 0 fully saturated rings. The minimum Gasteiger partial charge on any atom is -0.495 e. The van der Waals surface area contributed by atoms with Gasteiger partial charge in [-0.3, -0.25) is 0 Å². The fourth-order valence-corrected chi connectivity index (χ4v) is 1.01. The second kappa shape index (κ2) is 3.45. The zero-order valence-electron chi connectivity index (χ0n) is 7.24. The summed E-state index contributed by atoms with van der Waals surface area (Å²) in [6.07, 6.45) is -0.488. The summed E-state index contributed by atoms with van der Waals surface area (Å²) in [4.78, 5) is 0. The number of anilines is 1. The van der Waals surface area contributed by atoms with Gasteiger partial charge in [-0.1, -0.05) is 6.07 Å². The van der Waals surface area contributed by atoms with Gasteiger partial charge in [-0.2, -0.15) is 0 Å². The smallest absolute Gasteiger partial charge is 0.141 e. The van der Waals surface area contributed by atoms with Crippen molar-refractivity contribution >= 4 is 5.69 Å². The van der Waals surface area contributed by atoms with E-state index in [9.17, 15) is 5.11 Å². The Morgan fingerprint density at radius 1 is 1.50 bits per heavy atom. The van der Waals surface area contributed by atoms with Crippen LogP contribution >= 0.6 is 0 Å². The van der Waals surface area contributed by atoms with Gasteiger partial charge < -0.3 is 15.6 Å². The first-order valence-electron chi connectivity index (χ1n) is 3.76. The van der Waals surface area contributed by atoms with Crippen LogP contribution in [-0.4, -0.2) is 12.2 Å². The molecule has 1 aromatic rings. The third-order valence-electron chi connectivity index (χ3n) is 1.74. The van der Waals surface area contributed by atoms with Crippen LogP contribution < -0.4 is 10.5 Å². The van der Waals surface area contributed by atoms with Crippen molar-refractivity contribution in [1.29, 1.82) is 0 Å². The topological polar surface area (TPSA) is 55.5 Å². The predicted octanol–water partition coefficient (Wildman–Crippen LogP) is 1.33. The molecular formula is C9H13NO2. The number of benzene rings is 1. The van der Waals surface area contributed by atoms with Crippen LogP contribution in [0.1, 0.15) is 18.6 Å². The number of nitrogen functional groups attached to an aromatic ring is 1. The first-order chi connectivity index (χ1) is 5.65. The third kappa shape index (κ3) is 1.68. The molecule has 0 heterocycles. The second-order valence-electron chi connectivity index (χ2n) is 2.68. The number of rotatable bonds is 2. The average Bonchev–Trinajstić information content (AvgIpc) is 2.04. The highest BCUT2D eigenvalue weighted by Gasteiger charge is 2.03. The van der Waals surface area contributed by atoms with Gasteiger partial charge in [0.05, 0.1) is 18.9 Å². The zero-order chi connectivity index (χ0) is 9.14. The van der Waals surface area contributed by atoms with Crippen molar-refractivity contribution in [2.75, 3.05) is 12.8 Å². The fourth-order valence-electron chi connectivity index (χ4n) is 1.01. The van der Waals surface area contributed by atoms with Crippen molar-refractivity contribution in [1.82, 2.24) is 0 Å². The molecule has 3 N–H and O–H groups in total. The molecule has 0 unspecified atom stereocenters. The van der Waals surface area contributed by atoms with Gasteiger partial charge in [0.1, 0.15) is 5.75 Å². The highest BCUT2D eigenvalue weighted by atomic mass is 16.5. The van der Waals surface area contributed by atoms with Crippen LogP contribution in [-0.2, 0) is 0 Å². The molecule has 12 heavy (non-hydrogen) atoms. The summed E-state index contributed by atoms with van der Waals surface area (Å²) in [6, 6.07) is 5.25. The maximum atomic E-state index is 9.22. The molecule has 0 amide bonds. The Labute approximate surface area is 71.8 Å². The van der Waals surface area contributed by atoms with E-state index in [1.807, 2.05) is 0 Å². The van der Waals surface area contributed by atoms with Gasteiger partial charge in [0.2, 0.25) is 0 Å². The Hall–Kier alpha value is -1.22. The van der Waals surface area contributed by atoms with Crippen LogP contribution in [0, 0.1) is 0 Å². The summed E-state index contributed by atoms with van der Waals surface area (Å²) >= 11 is 0. The van der Waals surface area contributed by atoms with E-state index in [4.69, 9.17) is 10.5 Å². The van der Waals surface area contributed by atoms with E-state index in [-0.39, 0.29) is 0 Å². The van der Waals surface area contributed by atoms with E-state index in [0.29, 0.717) is 11.4 Å². The van der Waals surface area contributed by atoms with Crippen molar-refractivity contribution in [3.63, 3.8) is 0 Å². The Morgan fingerprint density at radius 3 is 2.58 bits per heavy atom. The molecule has 0 aliphatic heterocycles. The van der Waals surface area contributed by atoms with Crippen LogP contribution in [0.3, 0.4) is 0 Å². The Bertz CT molecular complexity index is 271. The first-order valence-corrected chi connectivity index (χ1v) is 3.76. The summed E-state index contributed by atoms with van der Waals surface area (Å²) in [7, 11) is 1.56. The van der Waals surface area contributed by atoms with Gasteiger partial charge in [0.25, 0.3) is 0 Å². The Kier molecular flexibility index (Phi) is 2.55. The highest BCUT2D eigenvalue weighted by Crippen LogP contribution is 2.24. The lowest BCUT2D eigenvalue weighted by atomic mass is 10.1. The second-order valence-corrected chi connectivity index (χ2v) is 2.68. The molecule has 1 rings (SSSR count). The van der Waals surface area contributed by atoms with E-state index in [2.05, 4.69) is 0 Å². The molecule has 0 bridgehead atoms. The molecule has 3 heteroatoms. The quantitative estimate of drug-likeness (QED) is 0.653. The molecule has 1 atom stereocenters. The van der Waals surface area contributed by atoms with E-state index < -0.39 is 6.10 Å². The lowest BCUT2D eigenvalue weighted by Crippen LogP contribution is -1.96. The van der Waals surface area contributed by atoms with Crippen molar-refractivity contribution in [2.45, 2.75) is 13.0 Å². The maximum absolute atomic E-state index is 9.22. The molecule has 1 aromatic carbocycles. The van der Waals surface area contributed by atoms with Crippen LogP contribution in [0.2, 0.25) is 0 Å². The van der Waals surface area contributed by atoms with E-state index in [1.165, 1.54) is 0 Å². The molecule has 0 aliphatic carbocycles. The first kappa shape index (κ1) is 8.87. The number of nitrogens with two attached hydrogens (primary N) is 1.